The Kier molecular flexibility index (Phi) is 3.98. The molecule has 1 aromatic heterocycles. The summed E-state index contributed by atoms with van der Waals surface area (Å²) in [7, 11) is 0. The second-order valence-electron chi connectivity index (χ2n) is 3.82. The molecule has 1 aromatic carbocycles. The summed E-state index contributed by atoms with van der Waals surface area (Å²) in [6, 6.07) is 7.73. The minimum Gasteiger partial charge on any atom is -0.375 e. The lowest BCUT2D eigenvalue weighted by molar-refractivity contribution is 0.0935. The number of nitrogens with zero attached hydrogens (tertiary/aromatic N) is 1. The van der Waals surface area contributed by atoms with Gasteiger partial charge in [-0.2, -0.15) is 0 Å². The van der Waals surface area contributed by atoms with Crippen molar-refractivity contribution in [3.05, 3.63) is 45.4 Å². The van der Waals surface area contributed by atoms with E-state index < -0.39 is 0 Å². The van der Waals surface area contributed by atoms with Gasteiger partial charge in [0.25, 0.3) is 5.91 Å². The van der Waals surface area contributed by atoms with E-state index in [2.05, 4.69) is 26.2 Å². The number of halogens is 1. The standard InChI is InChI=1S/C12H12BrN3OS/c1-7(8-3-2-4-9(13)5-8)15-11(17)10-6-18-12(14)16-10/h2-7H,1H3,(H2,14,16)(H,15,17)/t7-/m0/s1. The lowest BCUT2D eigenvalue weighted by Crippen LogP contribution is -2.26. The van der Waals surface area contributed by atoms with Gasteiger partial charge in [0.05, 0.1) is 6.04 Å². The molecule has 0 fully saturated rings. The maximum absolute atomic E-state index is 11.9. The molecule has 0 bridgehead atoms. The molecule has 2 rings (SSSR count). The van der Waals surface area contributed by atoms with E-state index in [-0.39, 0.29) is 11.9 Å². The molecule has 0 aliphatic carbocycles. The number of carbonyl (C=O) groups is 1. The summed E-state index contributed by atoms with van der Waals surface area (Å²) in [5, 5.41) is 4.93. The molecule has 94 valence electrons. The Labute approximate surface area is 117 Å². The van der Waals surface area contributed by atoms with Gasteiger partial charge in [-0.3, -0.25) is 4.79 Å². The Balaban J connectivity index is 2.07. The Hall–Kier alpha value is -1.40. The molecule has 1 heterocycles. The van der Waals surface area contributed by atoms with E-state index >= 15 is 0 Å². The van der Waals surface area contributed by atoms with Crippen molar-refractivity contribution in [2.24, 2.45) is 0 Å². The summed E-state index contributed by atoms with van der Waals surface area (Å²) in [5.74, 6) is -0.213. The van der Waals surface area contributed by atoms with Crippen molar-refractivity contribution >= 4 is 38.3 Å². The first kappa shape index (κ1) is 13.0. The van der Waals surface area contributed by atoms with E-state index in [4.69, 9.17) is 5.73 Å². The third-order valence-electron chi connectivity index (χ3n) is 2.45. The summed E-state index contributed by atoms with van der Waals surface area (Å²) in [4.78, 5) is 15.8. The average Bonchev–Trinajstić information content (AvgIpc) is 2.76. The summed E-state index contributed by atoms with van der Waals surface area (Å²) < 4.78 is 0.985. The Morgan fingerprint density at radius 1 is 1.56 bits per heavy atom. The van der Waals surface area contributed by atoms with Crippen LogP contribution in [0.25, 0.3) is 0 Å². The highest BCUT2D eigenvalue weighted by Gasteiger charge is 2.13. The van der Waals surface area contributed by atoms with Gasteiger partial charge in [-0.25, -0.2) is 4.98 Å². The largest absolute Gasteiger partial charge is 0.375 e. The summed E-state index contributed by atoms with van der Waals surface area (Å²) in [5.41, 5.74) is 6.89. The fourth-order valence-electron chi connectivity index (χ4n) is 1.52. The van der Waals surface area contributed by atoms with E-state index in [1.165, 1.54) is 11.3 Å². The first-order valence-electron chi connectivity index (χ1n) is 5.33. The molecule has 6 heteroatoms. The van der Waals surface area contributed by atoms with Crippen LogP contribution in [0.5, 0.6) is 0 Å². The van der Waals surface area contributed by atoms with E-state index in [1.54, 1.807) is 5.38 Å². The molecule has 0 saturated carbocycles. The molecule has 3 N–H and O–H groups in total. The zero-order valence-corrected chi connectivity index (χ0v) is 12.1. The van der Waals surface area contributed by atoms with Gasteiger partial charge in [0.2, 0.25) is 0 Å². The minimum atomic E-state index is -0.213. The zero-order chi connectivity index (χ0) is 13.1. The van der Waals surface area contributed by atoms with Gasteiger partial charge in [-0.15, -0.1) is 11.3 Å². The topological polar surface area (TPSA) is 68.0 Å². The van der Waals surface area contributed by atoms with E-state index in [0.29, 0.717) is 10.8 Å². The number of anilines is 1. The number of hydrogen-bond acceptors (Lipinski definition) is 4. The molecule has 0 aliphatic heterocycles. The fourth-order valence-corrected chi connectivity index (χ4v) is 2.48. The van der Waals surface area contributed by atoms with Crippen molar-refractivity contribution in [2.45, 2.75) is 13.0 Å². The van der Waals surface area contributed by atoms with Crippen LogP contribution in [-0.4, -0.2) is 10.9 Å². The molecule has 18 heavy (non-hydrogen) atoms. The van der Waals surface area contributed by atoms with Gasteiger partial charge in [-0.05, 0) is 24.6 Å². The molecule has 2 aromatic rings. The van der Waals surface area contributed by atoms with Crippen LogP contribution in [0, 0.1) is 0 Å². The Morgan fingerprint density at radius 3 is 2.94 bits per heavy atom. The van der Waals surface area contributed by atoms with Crippen molar-refractivity contribution in [3.8, 4) is 0 Å². The number of benzene rings is 1. The molecule has 4 nitrogen and oxygen atoms in total. The summed E-state index contributed by atoms with van der Waals surface area (Å²) in [6.07, 6.45) is 0. The molecule has 0 aliphatic rings. The normalized spacial score (nSPS) is 12.1. The number of aromatic nitrogens is 1. The summed E-state index contributed by atoms with van der Waals surface area (Å²) in [6.45, 7) is 1.93. The van der Waals surface area contributed by atoms with Crippen molar-refractivity contribution in [1.29, 1.82) is 0 Å². The van der Waals surface area contributed by atoms with Gasteiger partial charge >= 0.3 is 0 Å². The van der Waals surface area contributed by atoms with Crippen LogP contribution < -0.4 is 11.1 Å². The van der Waals surface area contributed by atoms with E-state index in [0.717, 1.165) is 10.0 Å². The van der Waals surface area contributed by atoms with Crippen molar-refractivity contribution in [1.82, 2.24) is 10.3 Å². The predicted octanol–water partition coefficient (Wildman–Crippen LogP) is 2.98. The number of nitrogens with one attached hydrogen (secondary N) is 1. The lowest BCUT2D eigenvalue weighted by Gasteiger charge is -2.13. The Bertz CT molecular complexity index is 570. The Morgan fingerprint density at radius 2 is 2.33 bits per heavy atom. The maximum Gasteiger partial charge on any atom is 0.271 e. The molecule has 1 atom stereocenters. The smallest absolute Gasteiger partial charge is 0.271 e. The number of amides is 1. The highest BCUT2D eigenvalue weighted by molar-refractivity contribution is 9.10. The number of nitrogens with two attached hydrogens (primary N) is 1. The second-order valence-corrected chi connectivity index (χ2v) is 5.63. The molecular formula is C12H12BrN3OS. The van der Waals surface area contributed by atoms with Crippen LogP contribution in [0.15, 0.2) is 34.1 Å². The van der Waals surface area contributed by atoms with Crippen molar-refractivity contribution < 1.29 is 4.79 Å². The SMILES string of the molecule is C[C@H](NC(=O)c1csc(N)n1)c1cccc(Br)c1. The van der Waals surface area contributed by atoms with E-state index in [1.807, 2.05) is 31.2 Å². The van der Waals surface area contributed by atoms with Gasteiger partial charge < -0.3 is 11.1 Å². The van der Waals surface area contributed by atoms with Crippen LogP contribution in [0.2, 0.25) is 0 Å². The number of carbonyl (C=O) groups excluding carboxylic acids is 1. The third kappa shape index (κ3) is 3.08. The monoisotopic (exact) mass is 325 g/mol. The highest BCUT2D eigenvalue weighted by Crippen LogP contribution is 2.18. The van der Waals surface area contributed by atoms with Crippen molar-refractivity contribution in [3.63, 3.8) is 0 Å². The zero-order valence-electron chi connectivity index (χ0n) is 9.68. The maximum atomic E-state index is 11.9. The van der Waals surface area contributed by atoms with Gasteiger partial charge in [0, 0.05) is 9.85 Å². The molecular weight excluding hydrogens is 314 g/mol. The molecule has 0 unspecified atom stereocenters. The minimum absolute atomic E-state index is 0.0853. The molecule has 0 spiro atoms. The fraction of sp³-hybridized carbons (Fsp3) is 0.167. The van der Waals surface area contributed by atoms with Crippen LogP contribution in [0.4, 0.5) is 5.13 Å². The molecule has 0 saturated heterocycles. The van der Waals surface area contributed by atoms with Gasteiger partial charge in [0.1, 0.15) is 5.69 Å². The highest BCUT2D eigenvalue weighted by atomic mass is 79.9. The number of hydrogen-bond donors (Lipinski definition) is 2. The van der Waals surface area contributed by atoms with E-state index in [9.17, 15) is 4.79 Å². The number of rotatable bonds is 3. The molecule has 1 amide bonds. The third-order valence-corrected chi connectivity index (χ3v) is 3.62. The molecule has 0 radical (unpaired) electrons. The number of thiazole rings is 1. The van der Waals surface area contributed by atoms with Crippen LogP contribution >= 0.6 is 27.3 Å². The lowest BCUT2D eigenvalue weighted by atomic mass is 10.1. The van der Waals surface area contributed by atoms with Crippen LogP contribution in [0.1, 0.15) is 29.0 Å². The summed E-state index contributed by atoms with van der Waals surface area (Å²) >= 11 is 4.66. The van der Waals surface area contributed by atoms with Crippen molar-refractivity contribution in [2.75, 3.05) is 5.73 Å². The van der Waals surface area contributed by atoms with Crippen LogP contribution in [-0.2, 0) is 0 Å². The van der Waals surface area contributed by atoms with Crippen LogP contribution in [0.3, 0.4) is 0 Å². The second kappa shape index (κ2) is 5.49. The average molecular weight is 326 g/mol. The van der Waals surface area contributed by atoms with Gasteiger partial charge in [-0.1, -0.05) is 28.1 Å². The number of nitrogen functional groups attached to an aromatic ring is 1. The quantitative estimate of drug-likeness (QED) is 0.911. The first-order chi connectivity index (χ1) is 8.56. The first-order valence-corrected chi connectivity index (χ1v) is 7.01. The predicted molar refractivity (Wildman–Crippen MR) is 76.5 cm³/mol. The van der Waals surface area contributed by atoms with Gasteiger partial charge in [0.15, 0.2) is 5.13 Å².